The summed E-state index contributed by atoms with van der Waals surface area (Å²) in [5, 5.41) is 4.46. The number of nitrogens with one attached hydrogen (secondary N) is 2. The van der Waals surface area contributed by atoms with E-state index in [1.54, 1.807) is 6.20 Å². The van der Waals surface area contributed by atoms with E-state index in [1.165, 1.54) is 5.39 Å². The van der Waals surface area contributed by atoms with Crippen molar-refractivity contribution < 1.29 is 2.85 Å². The average molecular weight is 271 g/mol. The van der Waals surface area contributed by atoms with Gasteiger partial charge in [0.05, 0.1) is 0 Å². The van der Waals surface area contributed by atoms with Crippen molar-refractivity contribution in [2.75, 3.05) is 5.32 Å². The van der Waals surface area contributed by atoms with Gasteiger partial charge in [-0.05, 0) is 42.3 Å². The number of pyridine rings is 1. The number of aromatic nitrogens is 2. The summed E-state index contributed by atoms with van der Waals surface area (Å²) in [5.41, 5.74) is 2.19. The van der Waals surface area contributed by atoms with Crippen LogP contribution in [-0.4, -0.2) is 9.97 Å². The third-order valence-corrected chi connectivity index (χ3v) is 2.49. The van der Waals surface area contributed by atoms with Gasteiger partial charge in [-0.15, -0.1) is 0 Å². The van der Waals surface area contributed by atoms with E-state index >= 15 is 0 Å². The van der Waals surface area contributed by atoms with Gasteiger partial charge >= 0.3 is 0 Å². The van der Waals surface area contributed by atoms with E-state index in [1.807, 2.05) is 30.5 Å². The lowest BCUT2D eigenvalue weighted by Gasteiger charge is -2.04. The van der Waals surface area contributed by atoms with Gasteiger partial charge in [0.2, 0.25) is 0 Å². The fourth-order valence-electron chi connectivity index (χ4n) is 1.72. The maximum absolute atomic E-state index is 4.22. The molecule has 3 rings (SSSR count). The van der Waals surface area contributed by atoms with Crippen molar-refractivity contribution in [3.8, 4) is 0 Å². The molecule has 0 amide bonds. The zero-order valence-electron chi connectivity index (χ0n) is 12.2. The van der Waals surface area contributed by atoms with Crippen molar-refractivity contribution in [3.63, 3.8) is 0 Å². The summed E-state index contributed by atoms with van der Waals surface area (Å²) < 4.78 is 0. The quantitative estimate of drug-likeness (QED) is 0.649. The molecule has 0 saturated heterocycles. The number of rotatable bonds is 2. The first-order valence-corrected chi connectivity index (χ1v) is 6.90. The fraction of sp³-hybridized carbons (Fsp3) is 0.235. The Kier molecular flexibility index (Phi) is 4.77. The molecule has 3 nitrogen and oxygen atoms in total. The smallest absolute Gasteiger partial charge is 0.130 e. The van der Waals surface area contributed by atoms with Crippen LogP contribution in [0.3, 0.4) is 0 Å². The molecule has 0 fully saturated rings. The SMILES string of the molecule is CC(C)C.[HH].[HH].c1ccc(Nc2ccc3[nH]ccc3c2)nc1. The van der Waals surface area contributed by atoms with E-state index in [-0.39, 0.29) is 2.85 Å². The Labute approximate surface area is 123 Å². The molecule has 20 heavy (non-hydrogen) atoms. The highest BCUT2D eigenvalue weighted by atomic mass is 15.0. The minimum absolute atomic E-state index is 0. The van der Waals surface area contributed by atoms with Gasteiger partial charge in [0, 0.05) is 31.8 Å². The van der Waals surface area contributed by atoms with Gasteiger partial charge in [0.25, 0.3) is 0 Å². The van der Waals surface area contributed by atoms with E-state index in [0.29, 0.717) is 0 Å². The Balaban J connectivity index is 0.000000665. The number of anilines is 2. The summed E-state index contributed by atoms with van der Waals surface area (Å²) in [5.74, 6) is 1.69. The molecule has 0 aliphatic heterocycles. The van der Waals surface area contributed by atoms with Crippen molar-refractivity contribution in [2.24, 2.45) is 5.92 Å². The van der Waals surface area contributed by atoms with Crippen LogP contribution in [-0.2, 0) is 0 Å². The molecule has 0 aliphatic carbocycles. The molecular formula is C17H25N3. The number of H-pyrrole nitrogens is 1. The maximum atomic E-state index is 4.22. The van der Waals surface area contributed by atoms with E-state index in [0.717, 1.165) is 22.9 Å². The topological polar surface area (TPSA) is 40.7 Å². The predicted octanol–water partition coefficient (Wildman–Crippen LogP) is 5.46. The number of hydrogen-bond donors (Lipinski definition) is 2. The van der Waals surface area contributed by atoms with Gasteiger partial charge in [-0.25, -0.2) is 4.98 Å². The Morgan fingerprint density at radius 3 is 2.60 bits per heavy atom. The summed E-state index contributed by atoms with van der Waals surface area (Å²) in [6, 6.07) is 14.1. The first-order valence-electron chi connectivity index (χ1n) is 6.90. The largest absolute Gasteiger partial charge is 0.361 e. The van der Waals surface area contributed by atoms with Crippen LogP contribution in [0.1, 0.15) is 23.6 Å². The molecule has 108 valence electrons. The number of nitrogens with zero attached hydrogens (tertiary/aromatic N) is 1. The first-order chi connectivity index (χ1) is 9.65. The molecule has 0 spiro atoms. The lowest BCUT2D eigenvalue weighted by molar-refractivity contribution is 0.737. The molecule has 0 bridgehead atoms. The second-order valence-electron chi connectivity index (χ2n) is 5.35. The molecule has 0 unspecified atom stereocenters. The van der Waals surface area contributed by atoms with E-state index in [2.05, 4.69) is 54.3 Å². The van der Waals surface area contributed by atoms with Crippen molar-refractivity contribution in [1.29, 1.82) is 0 Å². The number of hydrogen-bond acceptors (Lipinski definition) is 2. The minimum atomic E-state index is 0. The van der Waals surface area contributed by atoms with Crippen LogP contribution in [0.5, 0.6) is 0 Å². The lowest BCUT2D eigenvalue weighted by Crippen LogP contribution is -1.91. The number of aromatic amines is 1. The van der Waals surface area contributed by atoms with Crippen LogP contribution in [0.2, 0.25) is 0 Å². The maximum Gasteiger partial charge on any atom is 0.130 e. The van der Waals surface area contributed by atoms with Gasteiger partial charge in [-0.3, -0.25) is 0 Å². The summed E-state index contributed by atoms with van der Waals surface area (Å²) >= 11 is 0. The second-order valence-corrected chi connectivity index (χ2v) is 5.35. The minimum Gasteiger partial charge on any atom is -0.361 e. The zero-order chi connectivity index (χ0) is 14.4. The molecular weight excluding hydrogens is 246 g/mol. The van der Waals surface area contributed by atoms with Crippen molar-refractivity contribution in [1.82, 2.24) is 9.97 Å². The van der Waals surface area contributed by atoms with Crippen molar-refractivity contribution in [3.05, 3.63) is 54.9 Å². The molecule has 1 aromatic carbocycles. The molecule has 3 heteroatoms. The molecule has 3 aromatic rings. The van der Waals surface area contributed by atoms with Gasteiger partial charge in [0.15, 0.2) is 0 Å². The molecule has 0 aliphatic rings. The summed E-state index contributed by atoms with van der Waals surface area (Å²) in [6.45, 7) is 6.50. The monoisotopic (exact) mass is 271 g/mol. The third kappa shape index (κ3) is 4.12. The van der Waals surface area contributed by atoms with E-state index < -0.39 is 0 Å². The van der Waals surface area contributed by atoms with Crippen LogP contribution < -0.4 is 5.32 Å². The highest BCUT2D eigenvalue weighted by Crippen LogP contribution is 2.20. The van der Waals surface area contributed by atoms with E-state index in [4.69, 9.17) is 0 Å². The first kappa shape index (κ1) is 14.1. The average Bonchev–Trinajstić information content (AvgIpc) is 2.87. The number of fused-ring (bicyclic) bond motifs is 1. The van der Waals surface area contributed by atoms with Crippen LogP contribution in [0, 0.1) is 5.92 Å². The standard InChI is InChI=1S/C13H11N3.C4H10.2H2/c1-2-7-15-13(3-1)16-11-4-5-12-10(9-11)6-8-14-12;1-4(2)3;;/h1-9,14H,(H,15,16);4H,1-3H3;2*1H. The lowest BCUT2D eigenvalue weighted by atomic mass is 10.2. The molecule has 2 N–H and O–H groups in total. The normalized spacial score (nSPS) is 10.2. The molecule has 0 atom stereocenters. The van der Waals surface area contributed by atoms with Crippen molar-refractivity contribution >= 4 is 22.4 Å². The summed E-state index contributed by atoms with van der Waals surface area (Å²) in [6.07, 6.45) is 3.71. The predicted molar refractivity (Wildman–Crippen MR) is 90.6 cm³/mol. The number of benzene rings is 1. The zero-order valence-corrected chi connectivity index (χ0v) is 12.2. The third-order valence-electron chi connectivity index (χ3n) is 2.49. The van der Waals surface area contributed by atoms with Gasteiger partial charge in [-0.2, -0.15) is 0 Å². The van der Waals surface area contributed by atoms with Crippen LogP contribution in [0.15, 0.2) is 54.9 Å². The van der Waals surface area contributed by atoms with Crippen LogP contribution in [0.25, 0.3) is 10.9 Å². The molecule has 2 aromatic heterocycles. The van der Waals surface area contributed by atoms with E-state index in [9.17, 15) is 0 Å². The molecule has 0 saturated carbocycles. The van der Waals surface area contributed by atoms with Crippen molar-refractivity contribution in [2.45, 2.75) is 20.8 Å². The second kappa shape index (κ2) is 6.75. The van der Waals surface area contributed by atoms with Gasteiger partial charge < -0.3 is 10.3 Å². The van der Waals surface area contributed by atoms with Gasteiger partial charge in [0.1, 0.15) is 5.82 Å². The summed E-state index contributed by atoms with van der Waals surface area (Å²) in [7, 11) is 0. The fourth-order valence-corrected chi connectivity index (χ4v) is 1.72. The Morgan fingerprint density at radius 2 is 1.90 bits per heavy atom. The highest BCUT2D eigenvalue weighted by molar-refractivity contribution is 5.83. The highest BCUT2D eigenvalue weighted by Gasteiger charge is 1.97. The van der Waals surface area contributed by atoms with Gasteiger partial charge in [-0.1, -0.05) is 26.8 Å². The molecule has 2 heterocycles. The van der Waals surface area contributed by atoms with Crippen LogP contribution >= 0.6 is 0 Å². The summed E-state index contributed by atoms with van der Waals surface area (Å²) in [4.78, 5) is 7.39. The van der Waals surface area contributed by atoms with Crippen LogP contribution in [0.4, 0.5) is 11.5 Å². The molecule has 0 radical (unpaired) electrons. The Hall–Kier alpha value is -2.29. The Bertz CT molecular complexity index is 648. The Morgan fingerprint density at radius 1 is 1.10 bits per heavy atom.